The Bertz CT molecular complexity index is 714. The summed E-state index contributed by atoms with van der Waals surface area (Å²) in [5.41, 5.74) is 8.34. The van der Waals surface area contributed by atoms with E-state index in [4.69, 9.17) is 0 Å². The van der Waals surface area contributed by atoms with Crippen molar-refractivity contribution in [3.05, 3.63) is 63.2 Å². The largest absolute Gasteiger partial charge is 0.289 e. The van der Waals surface area contributed by atoms with Gasteiger partial charge in [0.25, 0.3) is 0 Å². The average Bonchev–Trinajstić information content (AvgIpc) is 2.39. The van der Waals surface area contributed by atoms with Crippen molar-refractivity contribution in [1.82, 2.24) is 0 Å². The van der Waals surface area contributed by atoms with Crippen LogP contribution in [-0.4, -0.2) is 5.52 Å². The Morgan fingerprint density at radius 3 is 2.10 bits per heavy atom. The molecule has 0 radical (unpaired) electrons. The highest BCUT2D eigenvalue weighted by Gasteiger charge is 2.16. The number of hydrogen-bond acceptors (Lipinski definition) is 1. The van der Waals surface area contributed by atoms with Crippen LogP contribution in [0.1, 0.15) is 43.7 Å². The van der Waals surface area contributed by atoms with Gasteiger partial charge in [0.15, 0.2) is 5.52 Å². The first-order chi connectivity index (χ1) is 9.81. The fourth-order valence-electron chi connectivity index (χ4n) is 2.77. The molecule has 0 aliphatic carbocycles. The van der Waals surface area contributed by atoms with Crippen molar-refractivity contribution in [2.75, 3.05) is 0 Å². The maximum absolute atomic E-state index is 12.8. The van der Waals surface area contributed by atoms with E-state index in [1.54, 1.807) is 0 Å². The topological polar surface area (TPSA) is 17.1 Å². The van der Waals surface area contributed by atoms with Crippen LogP contribution >= 0.6 is 8.58 Å². The zero-order valence-corrected chi connectivity index (χ0v) is 14.7. The quantitative estimate of drug-likeness (QED) is 0.752. The van der Waals surface area contributed by atoms with E-state index in [1.807, 2.05) is 6.92 Å². The summed E-state index contributed by atoms with van der Waals surface area (Å²) in [6.45, 7) is 12.5. The van der Waals surface area contributed by atoms with Gasteiger partial charge < -0.3 is 0 Å². The lowest BCUT2D eigenvalue weighted by atomic mass is 9.95. The monoisotopic (exact) mass is 298 g/mol. The fourth-order valence-corrected chi connectivity index (χ4v) is 3.96. The minimum absolute atomic E-state index is 0.198. The summed E-state index contributed by atoms with van der Waals surface area (Å²) in [5.74, 6) is 0. The molecule has 0 saturated carbocycles. The van der Waals surface area contributed by atoms with Gasteiger partial charge in [-0.1, -0.05) is 29.8 Å². The average molecular weight is 298 g/mol. The van der Waals surface area contributed by atoms with Crippen molar-refractivity contribution in [2.45, 2.75) is 41.5 Å². The third kappa shape index (κ3) is 3.24. The van der Waals surface area contributed by atoms with Gasteiger partial charge in [0.2, 0.25) is 0 Å². The van der Waals surface area contributed by atoms with Gasteiger partial charge in [0.1, 0.15) is 0 Å². The molecule has 0 aromatic heterocycles. The van der Waals surface area contributed by atoms with E-state index >= 15 is 0 Å². The molecule has 2 rings (SSSR count). The zero-order chi connectivity index (χ0) is 15.7. The lowest BCUT2D eigenvalue weighted by Crippen LogP contribution is -2.09. The van der Waals surface area contributed by atoms with Crippen molar-refractivity contribution >= 4 is 19.4 Å². The molecule has 0 fully saturated rings. The van der Waals surface area contributed by atoms with Crippen LogP contribution in [0, 0.1) is 41.5 Å². The summed E-state index contributed by atoms with van der Waals surface area (Å²) < 4.78 is 0. The van der Waals surface area contributed by atoms with E-state index in [0.717, 1.165) is 22.0 Å². The molecule has 0 spiro atoms. The summed E-state index contributed by atoms with van der Waals surface area (Å²) in [7, 11) is 0.198. The highest BCUT2D eigenvalue weighted by Crippen LogP contribution is 2.28. The molecular weight excluding hydrogens is 275 g/mol. The first kappa shape index (κ1) is 15.9. The Balaban J connectivity index is 2.39. The molecule has 2 aromatic rings. The fraction of sp³-hybridized carbons (Fsp3) is 0.316. The minimum atomic E-state index is 0.198. The molecular formula is C19H23OP. The van der Waals surface area contributed by atoms with E-state index < -0.39 is 0 Å². The first-order valence-corrected chi connectivity index (χ1v) is 8.27. The number of benzene rings is 2. The van der Waals surface area contributed by atoms with E-state index in [1.165, 1.54) is 22.3 Å². The number of rotatable bonds is 3. The number of hydrogen-bond donors (Lipinski definition) is 0. The van der Waals surface area contributed by atoms with Crippen LogP contribution in [0.15, 0.2) is 24.3 Å². The third-order valence-electron chi connectivity index (χ3n) is 4.21. The molecule has 0 bridgehead atoms. The van der Waals surface area contributed by atoms with Crippen LogP contribution < -0.4 is 5.30 Å². The molecule has 110 valence electrons. The molecule has 0 heterocycles. The van der Waals surface area contributed by atoms with E-state index in [0.29, 0.717) is 0 Å². The standard InChI is InChI=1S/C19H23OP/c1-11-7-8-17(13(3)9-11)21-19(20)18-14(4)10-12(2)15(5)16(18)6/h7-10,21H,1-6H3. The smallest absolute Gasteiger partial charge is 0.186 e. The maximum Gasteiger partial charge on any atom is 0.186 e. The molecule has 2 aromatic carbocycles. The van der Waals surface area contributed by atoms with Crippen LogP contribution in [0.2, 0.25) is 0 Å². The van der Waals surface area contributed by atoms with Crippen LogP contribution in [-0.2, 0) is 0 Å². The molecule has 0 aliphatic heterocycles. The van der Waals surface area contributed by atoms with E-state index in [9.17, 15) is 4.79 Å². The van der Waals surface area contributed by atoms with E-state index in [-0.39, 0.29) is 14.1 Å². The minimum Gasteiger partial charge on any atom is -0.289 e. The van der Waals surface area contributed by atoms with Gasteiger partial charge in [-0.05, 0) is 83.2 Å². The Morgan fingerprint density at radius 1 is 0.810 bits per heavy atom. The van der Waals surface area contributed by atoms with E-state index in [2.05, 4.69) is 58.9 Å². The van der Waals surface area contributed by atoms with Gasteiger partial charge >= 0.3 is 0 Å². The van der Waals surface area contributed by atoms with Crippen LogP contribution in [0.3, 0.4) is 0 Å². The van der Waals surface area contributed by atoms with Crippen LogP contribution in [0.4, 0.5) is 0 Å². The van der Waals surface area contributed by atoms with Crippen molar-refractivity contribution in [2.24, 2.45) is 0 Å². The molecule has 1 atom stereocenters. The first-order valence-electron chi connectivity index (χ1n) is 7.27. The van der Waals surface area contributed by atoms with Gasteiger partial charge in [-0.25, -0.2) is 0 Å². The summed E-state index contributed by atoms with van der Waals surface area (Å²) in [6, 6.07) is 8.45. The van der Waals surface area contributed by atoms with Crippen molar-refractivity contribution < 1.29 is 4.79 Å². The van der Waals surface area contributed by atoms with Crippen LogP contribution in [0.5, 0.6) is 0 Å². The number of carbonyl (C=O) groups excluding carboxylic acids is 1. The normalized spacial score (nSPS) is 11.3. The third-order valence-corrected chi connectivity index (χ3v) is 5.52. The van der Waals surface area contributed by atoms with Crippen LogP contribution in [0.25, 0.3) is 0 Å². The van der Waals surface area contributed by atoms with Gasteiger partial charge in [0, 0.05) is 5.56 Å². The van der Waals surface area contributed by atoms with Gasteiger partial charge in [-0.3, -0.25) is 4.79 Å². The molecule has 0 N–H and O–H groups in total. The Kier molecular flexibility index (Phi) is 4.64. The predicted octanol–water partition coefficient (Wildman–Crippen LogP) is 4.68. The highest BCUT2D eigenvalue weighted by molar-refractivity contribution is 7.66. The summed E-state index contributed by atoms with van der Waals surface area (Å²) in [6.07, 6.45) is 0. The second-order valence-corrected chi connectivity index (χ2v) is 7.15. The predicted molar refractivity (Wildman–Crippen MR) is 93.6 cm³/mol. The molecule has 1 nitrogen and oxygen atoms in total. The lowest BCUT2D eigenvalue weighted by Gasteiger charge is -2.15. The van der Waals surface area contributed by atoms with Crippen molar-refractivity contribution in [3.8, 4) is 0 Å². The number of aryl methyl sites for hydroxylation is 4. The molecule has 21 heavy (non-hydrogen) atoms. The molecule has 0 saturated heterocycles. The maximum atomic E-state index is 12.8. The lowest BCUT2D eigenvalue weighted by molar-refractivity contribution is 0.108. The molecule has 2 heteroatoms. The van der Waals surface area contributed by atoms with Crippen molar-refractivity contribution in [3.63, 3.8) is 0 Å². The van der Waals surface area contributed by atoms with Gasteiger partial charge in [-0.15, -0.1) is 0 Å². The number of carbonyl (C=O) groups is 1. The second-order valence-electron chi connectivity index (χ2n) is 5.91. The zero-order valence-electron chi connectivity index (χ0n) is 13.7. The SMILES string of the molecule is Cc1ccc(PC(=O)c2c(C)cc(C)c(C)c2C)c(C)c1. The molecule has 0 amide bonds. The second kappa shape index (κ2) is 6.12. The summed E-state index contributed by atoms with van der Waals surface area (Å²) in [5, 5.41) is 1.16. The summed E-state index contributed by atoms with van der Waals surface area (Å²) in [4.78, 5) is 12.8. The Morgan fingerprint density at radius 2 is 1.48 bits per heavy atom. The Hall–Kier alpha value is -1.46. The van der Waals surface area contributed by atoms with Gasteiger partial charge in [0.05, 0.1) is 0 Å². The molecule has 1 unspecified atom stereocenters. The Labute approximate surface area is 129 Å². The highest BCUT2D eigenvalue weighted by atomic mass is 31.1. The van der Waals surface area contributed by atoms with Crippen molar-refractivity contribution in [1.29, 1.82) is 0 Å². The molecule has 0 aliphatic rings. The summed E-state index contributed by atoms with van der Waals surface area (Å²) >= 11 is 0. The van der Waals surface area contributed by atoms with Gasteiger partial charge in [-0.2, -0.15) is 0 Å².